The molecule has 0 amide bonds. The van der Waals surface area contributed by atoms with Crippen LogP contribution in [0.5, 0.6) is 11.5 Å². The van der Waals surface area contributed by atoms with Crippen molar-refractivity contribution in [1.82, 2.24) is 4.90 Å². The van der Waals surface area contributed by atoms with Gasteiger partial charge in [0.2, 0.25) is 0 Å². The Hall–Kier alpha value is -2.13. The van der Waals surface area contributed by atoms with Gasteiger partial charge in [-0.25, -0.2) is 0 Å². The van der Waals surface area contributed by atoms with E-state index >= 15 is 0 Å². The fraction of sp³-hybridized carbons (Fsp3) is 0.571. The topological polar surface area (TPSA) is 85.3 Å². The zero-order valence-electron chi connectivity index (χ0n) is 21.8. The molecule has 0 radical (unpaired) electrons. The zero-order chi connectivity index (χ0) is 25.9. The quantitative estimate of drug-likeness (QED) is 0.367. The van der Waals surface area contributed by atoms with E-state index < -0.39 is 10.1 Å². The van der Waals surface area contributed by atoms with E-state index in [9.17, 15) is 13.5 Å². The lowest BCUT2D eigenvalue weighted by Crippen LogP contribution is -2.48. The Morgan fingerprint density at radius 3 is 2.56 bits per heavy atom. The first-order chi connectivity index (χ1) is 17.2. The fourth-order valence-corrected chi connectivity index (χ4v) is 6.33. The minimum Gasteiger partial charge on any atom is -0.493 e. The summed E-state index contributed by atoms with van der Waals surface area (Å²) in [5.74, 6) is 2.21. The summed E-state index contributed by atoms with van der Waals surface area (Å²) in [5, 5.41) is 10.8. The maximum atomic E-state index is 12.3. The molecular weight excluding hydrogens is 478 g/mol. The molecule has 2 aliphatic heterocycles. The van der Waals surface area contributed by atoms with Gasteiger partial charge in [-0.2, -0.15) is 8.42 Å². The van der Waals surface area contributed by atoms with Crippen LogP contribution < -0.4 is 9.47 Å². The van der Waals surface area contributed by atoms with Gasteiger partial charge >= 0.3 is 0 Å². The fourth-order valence-electron chi connectivity index (χ4n) is 5.39. The van der Waals surface area contributed by atoms with E-state index in [0.29, 0.717) is 36.4 Å². The van der Waals surface area contributed by atoms with E-state index in [4.69, 9.17) is 13.7 Å². The minimum absolute atomic E-state index is 0.0376. The predicted molar refractivity (Wildman–Crippen MR) is 139 cm³/mol. The van der Waals surface area contributed by atoms with Crippen LogP contribution in [0, 0.1) is 18.8 Å². The van der Waals surface area contributed by atoms with Gasteiger partial charge in [0.05, 0.1) is 31.3 Å². The van der Waals surface area contributed by atoms with Crippen LogP contribution in [0.25, 0.3) is 0 Å². The number of benzene rings is 2. The lowest BCUT2D eigenvalue weighted by molar-refractivity contribution is -0.0191. The number of rotatable bonds is 10. The van der Waals surface area contributed by atoms with Crippen LogP contribution in [0.1, 0.15) is 55.8 Å². The molecule has 2 aromatic carbocycles. The number of aliphatic hydroxyl groups excluding tert-OH is 1. The Balaban J connectivity index is 1.35. The first kappa shape index (κ1) is 26.9. The maximum absolute atomic E-state index is 12.3. The molecule has 0 aliphatic carbocycles. The number of hydrogen-bond acceptors (Lipinski definition) is 7. The molecule has 2 heterocycles. The maximum Gasteiger partial charge on any atom is 0.296 e. The van der Waals surface area contributed by atoms with Crippen LogP contribution in [0.3, 0.4) is 0 Å². The lowest BCUT2D eigenvalue weighted by atomic mass is 9.79. The molecule has 7 nitrogen and oxygen atoms in total. The SMILES string of the molecule is COc1cc2c(cc1OCCCOS(=O)(=O)c1ccc(C)cc1)CCN1C[C@@H](CC(C)C)[C@H](O)C[C@H]21. The summed E-state index contributed by atoms with van der Waals surface area (Å²) < 4.78 is 41.5. The Morgan fingerprint density at radius 2 is 1.86 bits per heavy atom. The number of piperidine rings is 1. The first-order valence-electron chi connectivity index (χ1n) is 12.9. The molecule has 0 saturated carbocycles. The molecule has 8 heteroatoms. The van der Waals surface area contributed by atoms with Gasteiger partial charge in [-0.05, 0) is 73.4 Å². The average Bonchev–Trinajstić information content (AvgIpc) is 2.83. The summed E-state index contributed by atoms with van der Waals surface area (Å²) in [6.07, 6.45) is 2.83. The van der Waals surface area contributed by atoms with Crippen LogP contribution in [-0.4, -0.2) is 57.9 Å². The van der Waals surface area contributed by atoms with Crippen molar-refractivity contribution in [2.75, 3.05) is 33.4 Å². The summed E-state index contributed by atoms with van der Waals surface area (Å²) in [7, 11) is -2.15. The van der Waals surface area contributed by atoms with Crippen molar-refractivity contribution in [3.63, 3.8) is 0 Å². The number of aliphatic hydroxyl groups is 1. The molecule has 2 aromatic rings. The van der Waals surface area contributed by atoms with E-state index in [2.05, 4.69) is 24.8 Å². The summed E-state index contributed by atoms with van der Waals surface area (Å²) in [6, 6.07) is 10.9. The monoisotopic (exact) mass is 517 g/mol. The van der Waals surface area contributed by atoms with Crippen LogP contribution in [0.2, 0.25) is 0 Å². The highest BCUT2D eigenvalue weighted by molar-refractivity contribution is 7.86. The molecule has 0 aromatic heterocycles. The smallest absolute Gasteiger partial charge is 0.296 e. The average molecular weight is 518 g/mol. The third-order valence-corrected chi connectivity index (χ3v) is 8.57. The number of nitrogens with zero attached hydrogens (tertiary/aromatic N) is 1. The molecule has 4 rings (SSSR count). The van der Waals surface area contributed by atoms with Crippen molar-refractivity contribution in [3.05, 3.63) is 53.1 Å². The molecule has 0 spiro atoms. The molecule has 1 fully saturated rings. The van der Waals surface area contributed by atoms with Gasteiger partial charge in [-0.1, -0.05) is 31.5 Å². The summed E-state index contributed by atoms with van der Waals surface area (Å²) in [5.41, 5.74) is 3.42. The van der Waals surface area contributed by atoms with Crippen molar-refractivity contribution in [3.8, 4) is 11.5 Å². The Labute approximate surface area is 215 Å². The summed E-state index contributed by atoms with van der Waals surface area (Å²) in [6.45, 7) is 8.57. The highest BCUT2D eigenvalue weighted by Crippen LogP contribution is 2.43. The zero-order valence-corrected chi connectivity index (χ0v) is 22.6. The van der Waals surface area contributed by atoms with Crippen LogP contribution in [-0.2, 0) is 20.7 Å². The molecule has 1 saturated heterocycles. The van der Waals surface area contributed by atoms with Gasteiger partial charge < -0.3 is 14.6 Å². The molecule has 2 aliphatic rings. The van der Waals surface area contributed by atoms with E-state index in [-0.39, 0.29) is 23.6 Å². The van der Waals surface area contributed by atoms with Gasteiger partial charge in [-0.15, -0.1) is 0 Å². The van der Waals surface area contributed by atoms with Gasteiger partial charge in [0.1, 0.15) is 0 Å². The van der Waals surface area contributed by atoms with Gasteiger partial charge in [0.25, 0.3) is 10.1 Å². The summed E-state index contributed by atoms with van der Waals surface area (Å²) >= 11 is 0. The van der Waals surface area contributed by atoms with Crippen LogP contribution >= 0.6 is 0 Å². The minimum atomic E-state index is -3.78. The Kier molecular flexibility index (Phi) is 8.60. The molecular formula is C28H39NO6S. The van der Waals surface area contributed by atoms with E-state index in [1.165, 1.54) is 11.1 Å². The van der Waals surface area contributed by atoms with E-state index in [1.807, 2.05) is 13.0 Å². The number of ether oxygens (including phenoxy) is 2. The van der Waals surface area contributed by atoms with Gasteiger partial charge in [-0.3, -0.25) is 9.08 Å². The van der Waals surface area contributed by atoms with Crippen LogP contribution in [0.15, 0.2) is 41.3 Å². The number of aryl methyl sites for hydroxylation is 1. The standard InChI is InChI=1S/C28H39NO6S/c1-19(2)14-22-18-29-11-10-21-15-28(27(33-4)16-24(21)25(29)17-26(22)30)34-12-5-13-35-36(31,32)23-8-6-20(3)7-9-23/h6-9,15-16,19,22,25-26,30H,5,10-14,17-18H2,1-4H3/t22-,25-,26-/m1/s1. The van der Waals surface area contributed by atoms with Gasteiger partial charge in [0.15, 0.2) is 11.5 Å². The number of fused-ring (bicyclic) bond motifs is 3. The molecule has 198 valence electrons. The van der Waals surface area contributed by atoms with Crippen molar-refractivity contribution < 1.29 is 27.2 Å². The molecule has 0 unspecified atom stereocenters. The van der Waals surface area contributed by atoms with Crippen molar-refractivity contribution in [2.24, 2.45) is 11.8 Å². The highest BCUT2D eigenvalue weighted by Gasteiger charge is 2.38. The Bertz CT molecular complexity index is 1130. The number of hydrogen-bond donors (Lipinski definition) is 1. The molecule has 36 heavy (non-hydrogen) atoms. The second-order valence-electron chi connectivity index (χ2n) is 10.4. The molecule has 3 atom stereocenters. The second-order valence-corrected chi connectivity index (χ2v) is 12.1. The van der Waals surface area contributed by atoms with E-state index in [0.717, 1.165) is 37.9 Å². The predicted octanol–water partition coefficient (Wildman–Crippen LogP) is 4.50. The normalized spacial score (nSPS) is 22.2. The highest BCUT2D eigenvalue weighted by atomic mass is 32.2. The van der Waals surface area contributed by atoms with Crippen molar-refractivity contribution in [1.29, 1.82) is 0 Å². The first-order valence-corrected chi connectivity index (χ1v) is 14.3. The third kappa shape index (κ3) is 6.22. The van der Waals surface area contributed by atoms with Gasteiger partial charge in [0, 0.05) is 25.6 Å². The Morgan fingerprint density at radius 1 is 1.11 bits per heavy atom. The second kappa shape index (κ2) is 11.5. The van der Waals surface area contributed by atoms with Crippen molar-refractivity contribution in [2.45, 2.75) is 63.5 Å². The van der Waals surface area contributed by atoms with E-state index in [1.54, 1.807) is 31.4 Å². The largest absolute Gasteiger partial charge is 0.493 e. The van der Waals surface area contributed by atoms with Crippen molar-refractivity contribution >= 4 is 10.1 Å². The summed E-state index contributed by atoms with van der Waals surface area (Å²) in [4.78, 5) is 2.66. The number of methoxy groups -OCH3 is 1. The van der Waals surface area contributed by atoms with Crippen LogP contribution in [0.4, 0.5) is 0 Å². The molecule has 0 bridgehead atoms. The third-order valence-electron chi connectivity index (χ3n) is 7.24. The molecule has 1 N–H and O–H groups in total. The lowest BCUT2D eigenvalue weighted by Gasteiger charge is -2.46.